The minimum Gasteiger partial charge on any atom is -0.272 e. The number of aromatic nitrogens is 2. The molecule has 3 rings (SSSR count). The van der Waals surface area contributed by atoms with E-state index in [0.717, 1.165) is 21.3 Å². The normalized spacial score (nSPS) is 11.3. The number of hydrogen-bond acceptors (Lipinski definition) is 4. The van der Waals surface area contributed by atoms with Crippen molar-refractivity contribution in [1.82, 2.24) is 15.2 Å². The summed E-state index contributed by atoms with van der Waals surface area (Å²) in [5.74, 6) is -0.203. The van der Waals surface area contributed by atoms with Crippen LogP contribution in [0, 0.1) is 6.92 Å². The standard InChI is InChI=1S/C15H14N4OS/c1-10-11(8-17-19(10)2)7-16-18-15(20)13-9-21-14-6-4-3-5-12(13)14/h3-9H,1-2H3,(H,18,20). The zero-order chi connectivity index (χ0) is 14.8. The molecule has 0 aliphatic heterocycles. The van der Waals surface area contributed by atoms with Crippen molar-refractivity contribution < 1.29 is 4.79 Å². The van der Waals surface area contributed by atoms with Gasteiger partial charge in [0.05, 0.1) is 18.0 Å². The van der Waals surface area contributed by atoms with Crippen molar-refractivity contribution in [3.05, 3.63) is 52.7 Å². The van der Waals surface area contributed by atoms with Crippen molar-refractivity contribution in [2.75, 3.05) is 0 Å². The molecule has 21 heavy (non-hydrogen) atoms. The molecule has 0 atom stereocenters. The number of thiophene rings is 1. The molecular weight excluding hydrogens is 284 g/mol. The van der Waals surface area contributed by atoms with E-state index in [-0.39, 0.29) is 5.91 Å². The lowest BCUT2D eigenvalue weighted by atomic mass is 10.2. The first-order chi connectivity index (χ1) is 10.2. The summed E-state index contributed by atoms with van der Waals surface area (Å²) in [4.78, 5) is 12.2. The van der Waals surface area contributed by atoms with Gasteiger partial charge in [-0.1, -0.05) is 18.2 Å². The first-order valence-corrected chi connectivity index (χ1v) is 7.33. The predicted octanol–water partition coefficient (Wildman–Crippen LogP) is 2.71. The molecule has 5 nitrogen and oxygen atoms in total. The van der Waals surface area contributed by atoms with Crippen molar-refractivity contribution in [2.45, 2.75) is 6.92 Å². The van der Waals surface area contributed by atoms with Gasteiger partial charge in [-0.25, -0.2) is 5.43 Å². The van der Waals surface area contributed by atoms with E-state index in [9.17, 15) is 4.79 Å². The van der Waals surface area contributed by atoms with Crippen LogP contribution >= 0.6 is 11.3 Å². The molecule has 0 aliphatic carbocycles. The zero-order valence-electron chi connectivity index (χ0n) is 11.7. The highest BCUT2D eigenvalue weighted by atomic mass is 32.1. The summed E-state index contributed by atoms with van der Waals surface area (Å²) < 4.78 is 2.85. The average Bonchev–Trinajstić information content (AvgIpc) is 3.05. The third-order valence-corrected chi connectivity index (χ3v) is 4.33. The van der Waals surface area contributed by atoms with Crippen LogP contribution in [0.1, 0.15) is 21.6 Å². The second kappa shape index (κ2) is 5.49. The van der Waals surface area contributed by atoms with Gasteiger partial charge in [-0.15, -0.1) is 11.3 Å². The Morgan fingerprint density at radius 1 is 1.43 bits per heavy atom. The summed E-state index contributed by atoms with van der Waals surface area (Å²) in [6.45, 7) is 1.95. The Balaban J connectivity index is 1.76. The third kappa shape index (κ3) is 2.57. The van der Waals surface area contributed by atoms with Crippen LogP contribution < -0.4 is 5.43 Å². The van der Waals surface area contributed by atoms with Crippen LogP contribution in [0.15, 0.2) is 40.9 Å². The fourth-order valence-electron chi connectivity index (χ4n) is 2.02. The highest BCUT2D eigenvalue weighted by Crippen LogP contribution is 2.25. The molecule has 106 valence electrons. The van der Waals surface area contributed by atoms with Gasteiger partial charge < -0.3 is 0 Å². The predicted molar refractivity (Wildman–Crippen MR) is 84.8 cm³/mol. The van der Waals surface area contributed by atoms with Crippen LogP contribution in [-0.4, -0.2) is 21.9 Å². The van der Waals surface area contributed by atoms with Gasteiger partial charge in [0.2, 0.25) is 0 Å². The molecule has 1 amide bonds. The number of benzene rings is 1. The molecule has 0 saturated carbocycles. The van der Waals surface area contributed by atoms with Crippen LogP contribution in [-0.2, 0) is 7.05 Å². The molecule has 1 aromatic carbocycles. The first-order valence-electron chi connectivity index (χ1n) is 6.45. The van der Waals surface area contributed by atoms with Crippen molar-refractivity contribution in [3.8, 4) is 0 Å². The Kier molecular flexibility index (Phi) is 3.53. The number of amides is 1. The Bertz CT molecular complexity index is 831. The number of fused-ring (bicyclic) bond motifs is 1. The van der Waals surface area contributed by atoms with Gasteiger partial charge in [-0.3, -0.25) is 9.48 Å². The number of aryl methyl sites for hydroxylation is 1. The number of carbonyl (C=O) groups is 1. The molecule has 0 saturated heterocycles. The van der Waals surface area contributed by atoms with Gasteiger partial charge in [0.15, 0.2) is 0 Å². The summed E-state index contributed by atoms with van der Waals surface area (Å²) in [6.07, 6.45) is 3.32. The van der Waals surface area contributed by atoms with E-state index in [2.05, 4.69) is 15.6 Å². The maximum atomic E-state index is 12.2. The average molecular weight is 298 g/mol. The topological polar surface area (TPSA) is 59.3 Å². The van der Waals surface area contributed by atoms with Crippen LogP contribution in [0.4, 0.5) is 0 Å². The maximum Gasteiger partial charge on any atom is 0.272 e. The number of rotatable bonds is 3. The van der Waals surface area contributed by atoms with Crippen LogP contribution in [0.3, 0.4) is 0 Å². The summed E-state index contributed by atoms with van der Waals surface area (Å²) in [7, 11) is 1.86. The highest BCUT2D eigenvalue weighted by Gasteiger charge is 2.10. The number of hydrogen-bond donors (Lipinski definition) is 1. The van der Waals surface area contributed by atoms with Crippen LogP contribution in [0.2, 0.25) is 0 Å². The monoisotopic (exact) mass is 298 g/mol. The van der Waals surface area contributed by atoms with Gasteiger partial charge >= 0.3 is 0 Å². The van der Waals surface area contributed by atoms with E-state index in [1.165, 1.54) is 0 Å². The number of nitrogens with one attached hydrogen (secondary N) is 1. The lowest BCUT2D eigenvalue weighted by Crippen LogP contribution is -2.17. The summed E-state index contributed by atoms with van der Waals surface area (Å²) in [5, 5.41) is 10.9. The van der Waals surface area contributed by atoms with Gasteiger partial charge in [0, 0.05) is 33.8 Å². The Hall–Kier alpha value is -2.47. The molecule has 6 heteroatoms. The second-order valence-corrected chi connectivity index (χ2v) is 5.56. The van der Waals surface area contributed by atoms with E-state index >= 15 is 0 Å². The largest absolute Gasteiger partial charge is 0.272 e. The molecule has 2 heterocycles. The third-order valence-electron chi connectivity index (χ3n) is 3.37. The van der Waals surface area contributed by atoms with Gasteiger partial charge in [-0.2, -0.15) is 10.2 Å². The molecule has 0 fully saturated rings. The van der Waals surface area contributed by atoms with Crippen molar-refractivity contribution in [3.63, 3.8) is 0 Å². The van der Waals surface area contributed by atoms with E-state index in [4.69, 9.17) is 0 Å². The fourth-order valence-corrected chi connectivity index (χ4v) is 2.96. The smallest absolute Gasteiger partial charge is 0.272 e. The molecular formula is C15H14N4OS. The fraction of sp³-hybridized carbons (Fsp3) is 0.133. The zero-order valence-corrected chi connectivity index (χ0v) is 12.5. The minimum atomic E-state index is -0.203. The number of carbonyl (C=O) groups excluding carboxylic acids is 1. The Labute approximate surface area is 125 Å². The molecule has 2 aromatic heterocycles. The minimum absolute atomic E-state index is 0.203. The number of nitrogens with zero attached hydrogens (tertiary/aromatic N) is 3. The van der Waals surface area contributed by atoms with E-state index < -0.39 is 0 Å². The Morgan fingerprint density at radius 3 is 3.00 bits per heavy atom. The molecule has 0 radical (unpaired) electrons. The lowest BCUT2D eigenvalue weighted by molar-refractivity contribution is 0.0957. The SMILES string of the molecule is Cc1c(C=NNC(=O)c2csc3ccccc23)cnn1C. The molecule has 1 N–H and O–H groups in total. The van der Waals surface area contributed by atoms with Crippen LogP contribution in [0.25, 0.3) is 10.1 Å². The maximum absolute atomic E-state index is 12.2. The van der Waals surface area contributed by atoms with Crippen molar-refractivity contribution in [1.29, 1.82) is 0 Å². The number of hydrazone groups is 1. The molecule has 0 bridgehead atoms. The van der Waals surface area contributed by atoms with Crippen LogP contribution in [0.5, 0.6) is 0 Å². The first kappa shape index (κ1) is 13.5. The lowest BCUT2D eigenvalue weighted by Gasteiger charge is -1.98. The van der Waals surface area contributed by atoms with E-state index in [0.29, 0.717) is 5.56 Å². The summed E-state index contributed by atoms with van der Waals surface area (Å²) >= 11 is 1.55. The second-order valence-electron chi connectivity index (χ2n) is 4.65. The van der Waals surface area contributed by atoms with Gasteiger partial charge in [0.25, 0.3) is 5.91 Å². The van der Waals surface area contributed by atoms with Crippen molar-refractivity contribution in [2.24, 2.45) is 12.1 Å². The highest BCUT2D eigenvalue weighted by molar-refractivity contribution is 7.17. The Morgan fingerprint density at radius 2 is 2.24 bits per heavy atom. The summed E-state index contributed by atoms with van der Waals surface area (Å²) in [5.41, 5.74) is 5.09. The molecule has 0 unspecified atom stereocenters. The quantitative estimate of drug-likeness (QED) is 0.597. The van der Waals surface area contributed by atoms with Gasteiger partial charge in [-0.05, 0) is 13.0 Å². The van der Waals surface area contributed by atoms with Crippen molar-refractivity contribution >= 4 is 33.5 Å². The van der Waals surface area contributed by atoms with E-state index in [1.54, 1.807) is 28.4 Å². The molecule has 3 aromatic rings. The van der Waals surface area contributed by atoms with E-state index in [1.807, 2.05) is 43.6 Å². The molecule has 0 spiro atoms. The molecule has 0 aliphatic rings. The van der Waals surface area contributed by atoms with Gasteiger partial charge in [0.1, 0.15) is 0 Å². The summed E-state index contributed by atoms with van der Waals surface area (Å²) in [6, 6.07) is 7.83.